The molecule has 31 heavy (non-hydrogen) atoms. The summed E-state index contributed by atoms with van der Waals surface area (Å²) in [5.74, 6) is 0.539. The number of ether oxygens (including phenoxy) is 3. The maximum atomic E-state index is 12.9. The minimum atomic E-state index is -0.547. The fraction of sp³-hybridized carbons (Fsp3) is 0.120. The van der Waals surface area contributed by atoms with Crippen LogP contribution in [-0.2, 0) is 0 Å². The molecule has 158 valence electrons. The Labute approximate surface area is 189 Å². The third-order valence-electron chi connectivity index (χ3n) is 4.53. The summed E-state index contributed by atoms with van der Waals surface area (Å²) in [6.45, 7) is 1.87. The van der Waals surface area contributed by atoms with E-state index < -0.39 is 5.97 Å². The van der Waals surface area contributed by atoms with E-state index in [1.54, 1.807) is 74.9 Å². The number of carbonyl (C=O) groups excluding carboxylic acids is 2. The zero-order chi connectivity index (χ0) is 22.4. The van der Waals surface area contributed by atoms with Gasteiger partial charge in [0.1, 0.15) is 5.75 Å². The first-order valence-electron chi connectivity index (χ1n) is 9.44. The van der Waals surface area contributed by atoms with Crippen molar-refractivity contribution in [3.8, 4) is 17.2 Å². The van der Waals surface area contributed by atoms with Gasteiger partial charge in [0.25, 0.3) is 0 Å². The molecule has 0 heterocycles. The van der Waals surface area contributed by atoms with Crippen molar-refractivity contribution in [1.82, 2.24) is 0 Å². The van der Waals surface area contributed by atoms with Crippen molar-refractivity contribution in [2.75, 3.05) is 14.2 Å². The molecule has 0 bridgehead atoms. The van der Waals surface area contributed by atoms with Crippen molar-refractivity contribution in [3.05, 3.63) is 93.5 Å². The third-order valence-corrected chi connectivity index (χ3v) is 5.22. The minimum absolute atomic E-state index is 0.202. The molecular weight excluding hydrogens is 460 g/mol. The van der Waals surface area contributed by atoms with Crippen molar-refractivity contribution < 1.29 is 23.8 Å². The molecule has 0 aromatic heterocycles. The summed E-state index contributed by atoms with van der Waals surface area (Å²) in [4.78, 5) is 25.5. The van der Waals surface area contributed by atoms with E-state index >= 15 is 0 Å². The molecule has 3 aromatic rings. The summed E-state index contributed by atoms with van der Waals surface area (Å²) < 4.78 is 16.7. The molecule has 0 aliphatic carbocycles. The maximum Gasteiger partial charge on any atom is 0.344 e. The third kappa shape index (κ3) is 5.41. The number of hydrogen-bond acceptors (Lipinski definition) is 5. The van der Waals surface area contributed by atoms with Crippen LogP contribution in [0.1, 0.15) is 31.8 Å². The van der Waals surface area contributed by atoms with Crippen LogP contribution in [0, 0.1) is 6.92 Å². The molecule has 6 heteroatoms. The Morgan fingerprint density at radius 3 is 2.26 bits per heavy atom. The monoisotopic (exact) mass is 480 g/mol. The molecule has 0 atom stereocenters. The molecule has 0 fully saturated rings. The van der Waals surface area contributed by atoms with Gasteiger partial charge in [-0.3, -0.25) is 4.79 Å². The van der Waals surface area contributed by atoms with Crippen LogP contribution < -0.4 is 14.2 Å². The average Bonchev–Trinajstić information content (AvgIpc) is 2.78. The van der Waals surface area contributed by atoms with Crippen LogP contribution in [0.4, 0.5) is 0 Å². The maximum absolute atomic E-state index is 12.9. The average molecular weight is 481 g/mol. The van der Waals surface area contributed by atoms with Crippen molar-refractivity contribution in [2.24, 2.45) is 0 Å². The first-order chi connectivity index (χ1) is 14.9. The number of esters is 1. The lowest BCUT2D eigenvalue weighted by Crippen LogP contribution is -2.12. The first-order valence-corrected chi connectivity index (χ1v) is 10.2. The molecule has 0 aliphatic rings. The van der Waals surface area contributed by atoms with Gasteiger partial charge in [0, 0.05) is 4.47 Å². The topological polar surface area (TPSA) is 61.8 Å². The zero-order valence-corrected chi connectivity index (χ0v) is 18.9. The number of halogens is 1. The van der Waals surface area contributed by atoms with Crippen LogP contribution in [0.5, 0.6) is 17.2 Å². The Morgan fingerprint density at radius 2 is 1.55 bits per heavy atom. The molecule has 0 radical (unpaired) electrons. The predicted octanol–water partition coefficient (Wildman–Crippen LogP) is 5.89. The van der Waals surface area contributed by atoms with Crippen LogP contribution in [0.25, 0.3) is 6.08 Å². The Hall–Kier alpha value is -3.38. The molecule has 0 amide bonds. The highest BCUT2D eigenvalue weighted by Gasteiger charge is 2.17. The number of aryl methyl sites for hydroxylation is 1. The van der Waals surface area contributed by atoms with E-state index in [9.17, 15) is 9.59 Å². The Morgan fingerprint density at radius 1 is 0.839 bits per heavy atom. The van der Waals surface area contributed by atoms with Crippen molar-refractivity contribution >= 4 is 33.8 Å². The van der Waals surface area contributed by atoms with Gasteiger partial charge >= 0.3 is 5.97 Å². The lowest BCUT2D eigenvalue weighted by atomic mass is 10.0. The van der Waals surface area contributed by atoms with Gasteiger partial charge in [0.15, 0.2) is 17.3 Å². The Bertz CT molecular complexity index is 1150. The molecule has 3 aromatic carbocycles. The first kappa shape index (κ1) is 22.3. The van der Waals surface area contributed by atoms with Crippen LogP contribution in [0.15, 0.2) is 71.2 Å². The second-order valence-electron chi connectivity index (χ2n) is 6.68. The van der Waals surface area contributed by atoms with Crippen molar-refractivity contribution in [1.29, 1.82) is 0 Å². The number of allylic oxidation sites excluding steroid dienone is 1. The number of ketones is 1. The summed E-state index contributed by atoms with van der Waals surface area (Å²) in [6.07, 6.45) is 3.11. The summed E-state index contributed by atoms with van der Waals surface area (Å²) in [7, 11) is 3.11. The van der Waals surface area contributed by atoms with E-state index in [-0.39, 0.29) is 11.5 Å². The van der Waals surface area contributed by atoms with Crippen LogP contribution in [-0.4, -0.2) is 26.0 Å². The Balaban J connectivity index is 1.86. The lowest BCUT2D eigenvalue weighted by molar-refractivity contribution is 0.0732. The van der Waals surface area contributed by atoms with Crippen molar-refractivity contribution in [3.63, 3.8) is 0 Å². The quantitative estimate of drug-likeness (QED) is 0.182. The summed E-state index contributed by atoms with van der Waals surface area (Å²) in [5.41, 5.74) is 2.33. The fourth-order valence-electron chi connectivity index (χ4n) is 2.93. The van der Waals surface area contributed by atoms with Gasteiger partial charge in [0.05, 0.1) is 25.3 Å². The smallest absolute Gasteiger partial charge is 0.344 e. The normalized spacial score (nSPS) is 10.7. The molecule has 0 N–H and O–H groups in total. The predicted molar refractivity (Wildman–Crippen MR) is 123 cm³/mol. The highest BCUT2D eigenvalue weighted by molar-refractivity contribution is 9.10. The van der Waals surface area contributed by atoms with E-state index in [1.165, 1.54) is 6.08 Å². The van der Waals surface area contributed by atoms with Crippen LogP contribution in [0.2, 0.25) is 0 Å². The second kappa shape index (κ2) is 10.1. The lowest BCUT2D eigenvalue weighted by Gasteiger charge is -2.10. The molecular formula is C25H21BrO5. The molecule has 3 rings (SSSR count). The summed E-state index contributed by atoms with van der Waals surface area (Å²) >= 11 is 3.34. The van der Waals surface area contributed by atoms with Crippen LogP contribution >= 0.6 is 15.9 Å². The number of methoxy groups -OCH3 is 2. The molecule has 0 spiro atoms. The molecule has 0 saturated carbocycles. The number of hydrogen-bond donors (Lipinski definition) is 0. The van der Waals surface area contributed by atoms with Gasteiger partial charge in [-0.2, -0.15) is 0 Å². The zero-order valence-electron chi connectivity index (χ0n) is 17.3. The SMILES string of the molecule is COc1ccc(C=CC(=O)c2cc(C)ccc2OC(=O)c2ccccc2Br)cc1OC. The van der Waals surface area contributed by atoms with Gasteiger partial charge in [-0.1, -0.05) is 35.9 Å². The summed E-state index contributed by atoms with van der Waals surface area (Å²) in [5, 5.41) is 0. The van der Waals surface area contributed by atoms with Crippen molar-refractivity contribution in [2.45, 2.75) is 6.92 Å². The number of rotatable bonds is 7. The molecule has 5 nitrogen and oxygen atoms in total. The van der Waals surface area contributed by atoms with E-state index in [4.69, 9.17) is 14.2 Å². The van der Waals surface area contributed by atoms with E-state index in [1.807, 2.05) is 13.0 Å². The molecule has 0 aliphatic heterocycles. The highest BCUT2D eigenvalue weighted by Crippen LogP contribution is 2.29. The number of carbonyl (C=O) groups is 2. The number of benzene rings is 3. The highest BCUT2D eigenvalue weighted by atomic mass is 79.9. The molecule has 0 saturated heterocycles. The molecule has 0 unspecified atom stereocenters. The fourth-order valence-corrected chi connectivity index (χ4v) is 3.37. The van der Waals surface area contributed by atoms with E-state index in [0.717, 1.165) is 11.1 Å². The van der Waals surface area contributed by atoms with Crippen LogP contribution in [0.3, 0.4) is 0 Å². The van der Waals surface area contributed by atoms with E-state index in [0.29, 0.717) is 27.1 Å². The largest absolute Gasteiger partial charge is 0.493 e. The standard InChI is InChI=1S/C25H21BrO5/c1-16-8-12-22(31-25(28)18-6-4-5-7-20(18)26)19(14-16)21(27)11-9-17-10-13-23(29-2)24(15-17)30-3/h4-15H,1-3H3. The Kier molecular flexibility index (Phi) is 7.26. The van der Waals surface area contributed by atoms with Gasteiger partial charge in [0.2, 0.25) is 0 Å². The minimum Gasteiger partial charge on any atom is -0.493 e. The van der Waals surface area contributed by atoms with E-state index in [2.05, 4.69) is 15.9 Å². The van der Waals surface area contributed by atoms with Gasteiger partial charge in [-0.15, -0.1) is 0 Å². The summed E-state index contributed by atoms with van der Waals surface area (Å²) in [6, 6.07) is 17.4. The second-order valence-corrected chi connectivity index (χ2v) is 7.54. The van der Waals surface area contributed by atoms with Gasteiger partial charge in [-0.05, 0) is 70.9 Å². The van der Waals surface area contributed by atoms with Gasteiger partial charge in [-0.25, -0.2) is 4.79 Å². The van der Waals surface area contributed by atoms with Gasteiger partial charge < -0.3 is 14.2 Å².